The summed E-state index contributed by atoms with van der Waals surface area (Å²) < 4.78 is 26.8. The summed E-state index contributed by atoms with van der Waals surface area (Å²) in [7, 11) is -3.46. The van der Waals surface area contributed by atoms with Crippen molar-refractivity contribution in [1.29, 1.82) is 0 Å². The normalized spacial score (nSPS) is 20.2. The lowest BCUT2D eigenvalue weighted by Crippen LogP contribution is -2.45. The molecule has 1 aliphatic rings. The van der Waals surface area contributed by atoms with Crippen molar-refractivity contribution < 1.29 is 8.42 Å². The van der Waals surface area contributed by atoms with Gasteiger partial charge in [-0.05, 0) is 37.6 Å². The van der Waals surface area contributed by atoms with E-state index in [4.69, 9.17) is 11.6 Å². The molecule has 0 saturated carbocycles. The molecule has 1 fully saturated rings. The lowest BCUT2D eigenvalue weighted by atomic mass is 10.1. The Bertz CT molecular complexity index is 488. The number of piperidine rings is 1. The topological polar surface area (TPSA) is 58.2 Å². The second kappa shape index (κ2) is 6.73. The molecule has 0 radical (unpaired) electrons. The van der Waals surface area contributed by atoms with Crippen molar-refractivity contribution in [3.63, 3.8) is 0 Å². The predicted molar refractivity (Wildman–Crippen MR) is 74.9 cm³/mol. The van der Waals surface area contributed by atoms with Crippen LogP contribution < -0.4 is 10.0 Å². The van der Waals surface area contributed by atoms with Crippen LogP contribution >= 0.6 is 24.0 Å². The van der Waals surface area contributed by atoms with E-state index in [-0.39, 0.29) is 23.3 Å². The number of nitrogens with one attached hydrogen (secondary N) is 2. The van der Waals surface area contributed by atoms with Gasteiger partial charge in [0.2, 0.25) is 10.0 Å². The van der Waals surface area contributed by atoms with Gasteiger partial charge in [-0.1, -0.05) is 17.7 Å². The molecule has 0 spiro atoms. The van der Waals surface area contributed by atoms with Crippen LogP contribution in [0.3, 0.4) is 0 Å². The van der Waals surface area contributed by atoms with Crippen LogP contribution in [-0.4, -0.2) is 27.5 Å². The first kappa shape index (κ1) is 15.7. The van der Waals surface area contributed by atoms with Crippen molar-refractivity contribution in [3.8, 4) is 0 Å². The van der Waals surface area contributed by atoms with Crippen LogP contribution in [0, 0.1) is 0 Å². The molecule has 2 rings (SSSR count). The molecule has 0 bridgehead atoms. The van der Waals surface area contributed by atoms with E-state index in [0.717, 1.165) is 19.4 Å². The molecule has 0 aliphatic carbocycles. The van der Waals surface area contributed by atoms with Gasteiger partial charge >= 0.3 is 0 Å². The molecule has 2 N–H and O–H groups in total. The Morgan fingerprint density at radius 2 is 2.17 bits per heavy atom. The summed E-state index contributed by atoms with van der Waals surface area (Å²) in [6.07, 6.45) is 1.86. The SMILES string of the molecule is Cl.O=S(=O)(N[C@@H]1CCCNC1)c1cccc(Cl)c1. The predicted octanol–water partition coefficient (Wildman–Crippen LogP) is 1.79. The summed E-state index contributed by atoms with van der Waals surface area (Å²) >= 11 is 5.79. The molecule has 0 amide bonds. The maximum atomic E-state index is 12.1. The number of hydrogen-bond donors (Lipinski definition) is 2. The average molecular weight is 311 g/mol. The van der Waals surface area contributed by atoms with Crippen LogP contribution in [0.1, 0.15) is 12.8 Å². The maximum absolute atomic E-state index is 12.1. The molecule has 0 unspecified atom stereocenters. The summed E-state index contributed by atoms with van der Waals surface area (Å²) in [5.74, 6) is 0. The Kier molecular flexibility index (Phi) is 5.88. The van der Waals surface area contributed by atoms with E-state index in [9.17, 15) is 8.42 Å². The van der Waals surface area contributed by atoms with Gasteiger partial charge in [0.1, 0.15) is 0 Å². The highest BCUT2D eigenvalue weighted by Gasteiger charge is 2.21. The van der Waals surface area contributed by atoms with Crippen molar-refractivity contribution in [3.05, 3.63) is 29.3 Å². The molecule has 7 heteroatoms. The van der Waals surface area contributed by atoms with Crippen LogP contribution in [-0.2, 0) is 10.0 Å². The van der Waals surface area contributed by atoms with E-state index in [1.807, 2.05) is 0 Å². The van der Waals surface area contributed by atoms with Crippen LogP contribution in [0.5, 0.6) is 0 Å². The molecule has 102 valence electrons. The van der Waals surface area contributed by atoms with E-state index >= 15 is 0 Å². The standard InChI is InChI=1S/C11H15ClN2O2S.ClH/c12-9-3-1-5-11(7-9)17(15,16)14-10-4-2-6-13-8-10;/h1,3,5,7,10,13-14H,2,4,6,8H2;1H/t10-;/m1./s1. The molecule has 4 nitrogen and oxygen atoms in total. The van der Waals surface area contributed by atoms with Gasteiger partial charge in [0, 0.05) is 17.6 Å². The minimum absolute atomic E-state index is 0. The van der Waals surface area contributed by atoms with E-state index in [1.54, 1.807) is 18.2 Å². The van der Waals surface area contributed by atoms with Gasteiger partial charge in [-0.25, -0.2) is 13.1 Å². The lowest BCUT2D eigenvalue weighted by Gasteiger charge is -2.23. The monoisotopic (exact) mass is 310 g/mol. The minimum atomic E-state index is -3.46. The van der Waals surface area contributed by atoms with Crippen molar-refractivity contribution in [2.75, 3.05) is 13.1 Å². The highest BCUT2D eigenvalue weighted by Crippen LogP contribution is 2.16. The average Bonchev–Trinajstić information content (AvgIpc) is 2.30. The molecule has 1 atom stereocenters. The molecule has 1 aromatic rings. The van der Waals surface area contributed by atoms with Gasteiger partial charge in [0.15, 0.2) is 0 Å². The van der Waals surface area contributed by atoms with Crippen molar-refractivity contribution in [2.45, 2.75) is 23.8 Å². The van der Waals surface area contributed by atoms with Crippen LogP contribution in [0.25, 0.3) is 0 Å². The molecular weight excluding hydrogens is 295 g/mol. The molecule has 1 aliphatic heterocycles. The molecule has 1 aromatic carbocycles. The second-order valence-electron chi connectivity index (χ2n) is 4.12. The first-order chi connectivity index (χ1) is 8.08. The van der Waals surface area contributed by atoms with Crippen LogP contribution in [0.4, 0.5) is 0 Å². The fraction of sp³-hybridized carbons (Fsp3) is 0.455. The quantitative estimate of drug-likeness (QED) is 0.895. The fourth-order valence-electron chi connectivity index (χ4n) is 1.87. The summed E-state index contributed by atoms with van der Waals surface area (Å²) in [6.45, 7) is 1.63. The highest BCUT2D eigenvalue weighted by molar-refractivity contribution is 7.89. The van der Waals surface area contributed by atoms with Gasteiger partial charge in [0.25, 0.3) is 0 Å². The van der Waals surface area contributed by atoms with E-state index < -0.39 is 10.0 Å². The van der Waals surface area contributed by atoms with Crippen molar-refractivity contribution in [1.82, 2.24) is 10.0 Å². The maximum Gasteiger partial charge on any atom is 0.240 e. The fourth-order valence-corrected chi connectivity index (χ4v) is 3.44. The Morgan fingerprint density at radius 3 is 2.78 bits per heavy atom. The van der Waals surface area contributed by atoms with Gasteiger partial charge in [0.05, 0.1) is 4.90 Å². The number of halogens is 2. The van der Waals surface area contributed by atoms with Crippen molar-refractivity contribution in [2.24, 2.45) is 0 Å². The van der Waals surface area contributed by atoms with Gasteiger partial charge in [-0.3, -0.25) is 0 Å². The number of hydrogen-bond acceptors (Lipinski definition) is 3. The summed E-state index contributed by atoms with van der Waals surface area (Å²) in [5.41, 5.74) is 0. The molecular formula is C11H16Cl2N2O2S. The largest absolute Gasteiger partial charge is 0.315 e. The van der Waals surface area contributed by atoms with Gasteiger partial charge in [-0.15, -0.1) is 12.4 Å². The zero-order valence-electron chi connectivity index (χ0n) is 9.73. The zero-order chi connectivity index (χ0) is 12.3. The van der Waals surface area contributed by atoms with Crippen LogP contribution in [0.2, 0.25) is 5.02 Å². The summed E-state index contributed by atoms with van der Waals surface area (Å²) in [4.78, 5) is 0.218. The van der Waals surface area contributed by atoms with Gasteiger partial charge in [-0.2, -0.15) is 0 Å². The zero-order valence-corrected chi connectivity index (χ0v) is 12.1. The summed E-state index contributed by atoms with van der Waals surface area (Å²) in [5, 5.41) is 3.59. The van der Waals surface area contributed by atoms with Gasteiger partial charge < -0.3 is 5.32 Å². The Morgan fingerprint density at radius 1 is 1.39 bits per heavy atom. The van der Waals surface area contributed by atoms with Crippen LogP contribution in [0.15, 0.2) is 29.2 Å². The van der Waals surface area contributed by atoms with E-state index in [2.05, 4.69) is 10.0 Å². The molecule has 18 heavy (non-hydrogen) atoms. The molecule has 0 aromatic heterocycles. The Labute approximate surface area is 119 Å². The number of benzene rings is 1. The third-order valence-corrected chi connectivity index (χ3v) is 4.48. The second-order valence-corrected chi connectivity index (χ2v) is 6.27. The van der Waals surface area contributed by atoms with E-state index in [1.165, 1.54) is 6.07 Å². The molecule has 1 heterocycles. The first-order valence-electron chi connectivity index (χ1n) is 5.56. The Hall–Kier alpha value is -0.330. The summed E-state index contributed by atoms with van der Waals surface area (Å²) in [6, 6.07) is 6.26. The first-order valence-corrected chi connectivity index (χ1v) is 7.43. The number of rotatable bonds is 3. The van der Waals surface area contributed by atoms with E-state index in [0.29, 0.717) is 11.6 Å². The van der Waals surface area contributed by atoms with Crippen molar-refractivity contribution >= 4 is 34.0 Å². The number of sulfonamides is 1. The third kappa shape index (κ3) is 4.10. The lowest BCUT2D eigenvalue weighted by molar-refractivity contribution is 0.428. The minimum Gasteiger partial charge on any atom is -0.315 e. The highest BCUT2D eigenvalue weighted by atomic mass is 35.5. The third-order valence-electron chi connectivity index (χ3n) is 2.73. The molecule has 1 saturated heterocycles. The smallest absolute Gasteiger partial charge is 0.240 e. The Balaban J connectivity index is 0.00000162.